The molecule has 0 N–H and O–H groups in total. The first-order chi connectivity index (χ1) is 6.39. The van der Waals surface area contributed by atoms with Gasteiger partial charge in [0.05, 0.1) is 5.60 Å². The molecule has 1 nitrogen and oxygen atoms in total. The molecule has 0 saturated heterocycles. The second-order valence-electron chi connectivity index (χ2n) is 4.72. The Morgan fingerprint density at radius 2 is 1.71 bits per heavy atom. The van der Waals surface area contributed by atoms with Gasteiger partial charge in [-0.25, -0.2) is 0 Å². The van der Waals surface area contributed by atoms with Crippen molar-refractivity contribution in [2.75, 3.05) is 7.11 Å². The average molecular weight is 196 g/mol. The summed E-state index contributed by atoms with van der Waals surface area (Å²) in [6.07, 6.45) is 2.94. The predicted molar refractivity (Wildman–Crippen MR) is 62.2 cm³/mol. The lowest BCUT2D eigenvalue weighted by Crippen LogP contribution is -2.32. The molecule has 0 aliphatic rings. The summed E-state index contributed by atoms with van der Waals surface area (Å²) >= 11 is 0. The smallest absolute Gasteiger partial charge is 0.0662 e. The van der Waals surface area contributed by atoms with Crippen LogP contribution in [0.15, 0.2) is 0 Å². The highest BCUT2D eigenvalue weighted by Crippen LogP contribution is 2.31. The second kappa shape index (κ2) is 5.41. The standard InChI is InChI=1S/C13H24O/c1-7-9-10-12(3,4)11-13(5,8-2)14-6/h7-8,11H2,1-6H3. The van der Waals surface area contributed by atoms with Gasteiger partial charge in [-0.05, 0) is 33.6 Å². The van der Waals surface area contributed by atoms with E-state index in [0.717, 1.165) is 19.3 Å². The molecule has 14 heavy (non-hydrogen) atoms. The van der Waals surface area contributed by atoms with Crippen molar-refractivity contribution < 1.29 is 4.74 Å². The Labute approximate surface area is 89.2 Å². The highest BCUT2D eigenvalue weighted by molar-refractivity contribution is 5.10. The molecule has 0 bridgehead atoms. The topological polar surface area (TPSA) is 9.23 Å². The Morgan fingerprint density at radius 1 is 1.14 bits per heavy atom. The lowest BCUT2D eigenvalue weighted by Gasteiger charge is -2.33. The molecule has 0 amide bonds. The zero-order valence-electron chi connectivity index (χ0n) is 10.5. The number of ether oxygens (including phenoxy) is 1. The van der Waals surface area contributed by atoms with Crippen molar-refractivity contribution in [3.63, 3.8) is 0 Å². The van der Waals surface area contributed by atoms with Gasteiger partial charge in [-0.2, -0.15) is 0 Å². The van der Waals surface area contributed by atoms with Crippen LogP contribution in [0.25, 0.3) is 0 Å². The molecule has 0 aromatic carbocycles. The molecule has 82 valence electrons. The monoisotopic (exact) mass is 196 g/mol. The molecule has 0 fully saturated rings. The third-order valence-corrected chi connectivity index (χ3v) is 2.66. The molecule has 0 rings (SSSR count). The van der Waals surface area contributed by atoms with Crippen molar-refractivity contribution in [1.29, 1.82) is 0 Å². The molecule has 0 aliphatic carbocycles. The van der Waals surface area contributed by atoms with Crippen LogP contribution in [0, 0.1) is 17.3 Å². The molecule has 0 radical (unpaired) electrons. The summed E-state index contributed by atoms with van der Waals surface area (Å²) in [4.78, 5) is 0. The molecule has 1 unspecified atom stereocenters. The van der Waals surface area contributed by atoms with Gasteiger partial charge in [0.1, 0.15) is 0 Å². The van der Waals surface area contributed by atoms with Crippen molar-refractivity contribution >= 4 is 0 Å². The third kappa shape index (κ3) is 4.67. The highest BCUT2D eigenvalue weighted by Gasteiger charge is 2.29. The van der Waals surface area contributed by atoms with Gasteiger partial charge < -0.3 is 4.74 Å². The largest absolute Gasteiger partial charge is 0.378 e. The van der Waals surface area contributed by atoms with Gasteiger partial charge in [0.25, 0.3) is 0 Å². The second-order valence-corrected chi connectivity index (χ2v) is 4.72. The Morgan fingerprint density at radius 3 is 2.07 bits per heavy atom. The predicted octanol–water partition coefficient (Wildman–Crippen LogP) is 3.63. The van der Waals surface area contributed by atoms with Gasteiger partial charge in [0.2, 0.25) is 0 Å². The molecule has 1 atom stereocenters. The number of methoxy groups -OCH3 is 1. The maximum atomic E-state index is 5.54. The average Bonchev–Trinajstić information content (AvgIpc) is 2.14. The summed E-state index contributed by atoms with van der Waals surface area (Å²) in [6.45, 7) is 10.8. The lowest BCUT2D eigenvalue weighted by atomic mass is 9.80. The van der Waals surface area contributed by atoms with Crippen LogP contribution < -0.4 is 0 Å². The first-order valence-corrected chi connectivity index (χ1v) is 5.44. The van der Waals surface area contributed by atoms with Crippen molar-refractivity contribution in [3.8, 4) is 11.8 Å². The Hall–Kier alpha value is -0.480. The zero-order chi connectivity index (χ0) is 11.2. The minimum Gasteiger partial charge on any atom is -0.378 e. The van der Waals surface area contributed by atoms with Crippen LogP contribution in [0.5, 0.6) is 0 Å². The molecule has 1 heteroatoms. The number of hydrogen-bond donors (Lipinski definition) is 0. The Bertz CT molecular complexity index is 213. The van der Waals surface area contributed by atoms with E-state index in [9.17, 15) is 0 Å². The first kappa shape index (κ1) is 13.5. The third-order valence-electron chi connectivity index (χ3n) is 2.66. The van der Waals surface area contributed by atoms with Crippen LogP contribution in [0.3, 0.4) is 0 Å². The molecule has 0 aromatic heterocycles. The van der Waals surface area contributed by atoms with E-state index in [1.165, 1.54) is 0 Å². The van der Waals surface area contributed by atoms with Crippen LogP contribution in [-0.4, -0.2) is 12.7 Å². The molecule has 0 aliphatic heterocycles. The Balaban J connectivity index is 4.47. The first-order valence-electron chi connectivity index (χ1n) is 5.44. The lowest BCUT2D eigenvalue weighted by molar-refractivity contribution is -0.0218. The molecule has 0 heterocycles. The van der Waals surface area contributed by atoms with Crippen molar-refractivity contribution in [2.45, 2.75) is 59.5 Å². The molecule has 0 spiro atoms. The van der Waals surface area contributed by atoms with Gasteiger partial charge in [0.15, 0.2) is 0 Å². The van der Waals surface area contributed by atoms with E-state index in [4.69, 9.17) is 4.74 Å². The van der Waals surface area contributed by atoms with Gasteiger partial charge in [-0.1, -0.05) is 19.8 Å². The normalized spacial score (nSPS) is 15.6. The fourth-order valence-corrected chi connectivity index (χ4v) is 1.65. The highest BCUT2D eigenvalue weighted by atomic mass is 16.5. The summed E-state index contributed by atoms with van der Waals surface area (Å²) in [7, 11) is 1.78. The summed E-state index contributed by atoms with van der Waals surface area (Å²) < 4.78 is 5.54. The van der Waals surface area contributed by atoms with Crippen LogP contribution in [0.4, 0.5) is 0 Å². The van der Waals surface area contributed by atoms with Crippen LogP contribution in [0.1, 0.15) is 53.9 Å². The van der Waals surface area contributed by atoms with Crippen molar-refractivity contribution in [1.82, 2.24) is 0 Å². The van der Waals surface area contributed by atoms with Gasteiger partial charge in [-0.3, -0.25) is 0 Å². The fourth-order valence-electron chi connectivity index (χ4n) is 1.65. The van der Waals surface area contributed by atoms with Crippen molar-refractivity contribution in [2.24, 2.45) is 5.41 Å². The van der Waals surface area contributed by atoms with Crippen molar-refractivity contribution in [3.05, 3.63) is 0 Å². The van der Waals surface area contributed by atoms with E-state index >= 15 is 0 Å². The number of hydrogen-bond acceptors (Lipinski definition) is 1. The zero-order valence-corrected chi connectivity index (χ0v) is 10.5. The minimum absolute atomic E-state index is 0.0358. The van der Waals surface area contributed by atoms with E-state index in [-0.39, 0.29) is 11.0 Å². The van der Waals surface area contributed by atoms with Crippen LogP contribution >= 0.6 is 0 Å². The molecule has 0 aromatic rings. The van der Waals surface area contributed by atoms with E-state index < -0.39 is 0 Å². The van der Waals surface area contributed by atoms with E-state index in [1.807, 2.05) is 0 Å². The summed E-state index contributed by atoms with van der Waals surface area (Å²) in [5, 5.41) is 0. The van der Waals surface area contributed by atoms with Gasteiger partial charge >= 0.3 is 0 Å². The van der Waals surface area contributed by atoms with E-state index in [0.29, 0.717) is 0 Å². The SMILES string of the molecule is CCC#CC(C)(C)CC(C)(CC)OC. The maximum absolute atomic E-state index is 5.54. The van der Waals surface area contributed by atoms with Crippen LogP contribution in [0.2, 0.25) is 0 Å². The molecular weight excluding hydrogens is 172 g/mol. The molecule has 0 saturated carbocycles. The fraction of sp³-hybridized carbons (Fsp3) is 0.846. The summed E-state index contributed by atoms with van der Waals surface area (Å²) in [5.74, 6) is 6.46. The Kier molecular flexibility index (Phi) is 5.23. The van der Waals surface area contributed by atoms with Crippen LogP contribution in [-0.2, 0) is 4.74 Å². The number of rotatable bonds is 4. The molecular formula is C13H24O. The van der Waals surface area contributed by atoms with Gasteiger partial charge in [0, 0.05) is 18.9 Å². The van der Waals surface area contributed by atoms with Gasteiger partial charge in [-0.15, -0.1) is 5.92 Å². The quantitative estimate of drug-likeness (QED) is 0.624. The minimum atomic E-state index is -0.0358. The maximum Gasteiger partial charge on any atom is 0.0662 e. The van der Waals surface area contributed by atoms with E-state index in [2.05, 4.69) is 46.5 Å². The van der Waals surface area contributed by atoms with E-state index in [1.54, 1.807) is 7.11 Å². The summed E-state index contributed by atoms with van der Waals surface area (Å²) in [6, 6.07) is 0. The summed E-state index contributed by atoms with van der Waals surface area (Å²) in [5.41, 5.74) is 0.0166.